The van der Waals surface area contributed by atoms with Gasteiger partial charge in [0, 0.05) is 0 Å². The van der Waals surface area contributed by atoms with Crippen molar-refractivity contribution in [1.29, 1.82) is 0 Å². The highest BCUT2D eigenvalue weighted by atomic mass is 16.5. The lowest BCUT2D eigenvalue weighted by Crippen LogP contribution is -2.56. The molecule has 0 spiro atoms. The van der Waals surface area contributed by atoms with Crippen LogP contribution in [0.5, 0.6) is 0 Å². The van der Waals surface area contributed by atoms with Gasteiger partial charge < -0.3 is 14.7 Å². The maximum atomic E-state index is 11.7. The summed E-state index contributed by atoms with van der Waals surface area (Å²) in [5.41, 5.74) is 0. The Morgan fingerprint density at radius 2 is 2.31 bits per heavy atom. The molecule has 1 saturated heterocycles. The monoisotopic (exact) mass is 224 g/mol. The number of nitrogens with zero attached hydrogens (tertiary/aromatic N) is 3. The van der Waals surface area contributed by atoms with Gasteiger partial charge >= 0.3 is 0 Å². The van der Waals surface area contributed by atoms with Gasteiger partial charge in [-0.2, -0.15) is 4.98 Å². The fourth-order valence-corrected chi connectivity index (χ4v) is 1.58. The first-order valence-corrected chi connectivity index (χ1v) is 4.93. The van der Waals surface area contributed by atoms with Crippen LogP contribution >= 0.6 is 0 Å². The second-order valence-corrected chi connectivity index (χ2v) is 3.72. The standard InChI is InChI=1S/C9H12N4O3/c1-5-9(15)13(3-7(14)10-5)4-8-11-6(2)12-16-8/h5H,3-4H2,1-2H3,(H,10,14). The van der Waals surface area contributed by atoms with Crippen LogP contribution in [0.15, 0.2) is 4.52 Å². The van der Waals surface area contributed by atoms with E-state index in [1.54, 1.807) is 13.8 Å². The van der Waals surface area contributed by atoms with Crippen LogP contribution < -0.4 is 5.32 Å². The average molecular weight is 224 g/mol. The Morgan fingerprint density at radius 1 is 1.56 bits per heavy atom. The lowest BCUT2D eigenvalue weighted by Gasteiger charge is -2.29. The van der Waals surface area contributed by atoms with Crippen molar-refractivity contribution in [2.45, 2.75) is 26.4 Å². The first kappa shape index (κ1) is 10.6. The first-order valence-electron chi connectivity index (χ1n) is 4.93. The minimum Gasteiger partial charge on any atom is -0.343 e. The molecule has 86 valence electrons. The number of hydrogen-bond acceptors (Lipinski definition) is 5. The van der Waals surface area contributed by atoms with Gasteiger partial charge in [0.05, 0.1) is 0 Å². The van der Waals surface area contributed by atoms with E-state index >= 15 is 0 Å². The quantitative estimate of drug-likeness (QED) is 0.712. The Morgan fingerprint density at radius 3 is 2.94 bits per heavy atom. The zero-order valence-corrected chi connectivity index (χ0v) is 9.06. The van der Waals surface area contributed by atoms with Gasteiger partial charge in [-0.25, -0.2) is 0 Å². The molecule has 0 bridgehead atoms. The number of piperazine rings is 1. The third kappa shape index (κ3) is 2.02. The van der Waals surface area contributed by atoms with E-state index < -0.39 is 6.04 Å². The Kier molecular flexibility index (Phi) is 2.59. The fraction of sp³-hybridized carbons (Fsp3) is 0.556. The van der Waals surface area contributed by atoms with E-state index in [9.17, 15) is 9.59 Å². The van der Waals surface area contributed by atoms with Crippen molar-refractivity contribution in [2.75, 3.05) is 6.54 Å². The minimum atomic E-state index is -0.495. The molecule has 1 unspecified atom stereocenters. The van der Waals surface area contributed by atoms with Crippen molar-refractivity contribution in [3.63, 3.8) is 0 Å². The molecule has 16 heavy (non-hydrogen) atoms. The van der Waals surface area contributed by atoms with Crippen LogP contribution in [0, 0.1) is 6.92 Å². The molecule has 0 saturated carbocycles. The smallest absolute Gasteiger partial charge is 0.246 e. The largest absolute Gasteiger partial charge is 0.343 e. The molecular formula is C9H12N4O3. The second-order valence-electron chi connectivity index (χ2n) is 3.72. The van der Waals surface area contributed by atoms with E-state index in [0.717, 1.165) is 0 Å². The number of carbonyl (C=O) groups excluding carboxylic acids is 2. The van der Waals surface area contributed by atoms with E-state index in [4.69, 9.17) is 4.52 Å². The van der Waals surface area contributed by atoms with Crippen molar-refractivity contribution < 1.29 is 14.1 Å². The van der Waals surface area contributed by atoms with Crippen LogP contribution in [0.3, 0.4) is 0 Å². The van der Waals surface area contributed by atoms with Crippen LogP contribution in [-0.4, -0.2) is 39.4 Å². The van der Waals surface area contributed by atoms with Gasteiger partial charge in [-0.15, -0.1) is 0 Å². The Labute approximate surface area is 91.8 Å². The van der Waals surface area contributed by atoms with E-state index in [1.165, 1.54) is 4.90 Å². The van der Waals surface area contributed by atoms with E-state index in [0.29, 0.717) is 11.7 Å². The molecular weight excluding hydrogens is 212 g/mol. The lowest BCUT2D eigenvalue weighted by molar-refractivity contribution is -0.144. The summed E-state index contributed by atoms with van der Waals surface area (Å²) in [4.78, 5) is 28.3. The molecule has 1 fully saturated rings. The third-order valence-corrected chi connectivity index (χ3v) is 2.29. The summed E-state index contributed by atoms with van der Waals surface area (Å²) in [6.45, 7) is 3.55. The molecule has 2 heterocycles. The predicted octanol–water partition coefficient (Wildman–Crippen LogP) is -0.775. The number of carbonyl (C=O) groups is 2. The van der Waals surface area contributed by atoms with Crippen LogP contribution in [0.25, 0.3) is 0 Å². The van der Waals surface area contributed by atoms with E-state index in [1.807, 2.05) is 0 Å². The van der Waals surface area contributed by atoms with Gasteiger partial charge in [0.15, 0.2) is 5.82 Å². The molecule has 7 nitrogen and oxygen atoms in total. The van der Waals surface area contributed by atoms with Crippen molar-refractivity contribution in [1.82, 2.24) is 20.4 Å². The van der Waals surface area contributed by atoms with Gasteiger partial charge in [-0.1, -0.05) is 5.16 Å². The topological polar surface area (TPSA) is 88.3 Å². The molecule has 7 heteroatoms. The van der Waals surface area contributed by atoms with Gasteiger partial charge in [0.1, 0.15) is 19.1 Å². The molecule has 1 aliphatic rings. The maximum absolute atomic E-state index is 11.7. The van der Waals surface area contributed by atoms with Gasteiger partial charge in [0.2, 0.25) is 17.7 Å². The Hall–Kier alpha value is -1.92. The molecule has 0 radical (unpaired) electrons. The van der Waals surface area contributed by atoms with Crippen molar-refractivity contribution in [2.24, 2.45) is 0 Å². The van der Waals surface area contributed by atoms with Crippen LogP contribution in [-0.2, 0) is 16.1 Å². The number of hydrogen-bond donors (Lipinski definition) is 1. The SMILES string of the molecule is Cc1noc(CN2CC(=O)NC(C)C2=O)n1. The average Bonchev–Trinajstić information content (AvgIpc) is 2.60. The number of aryl methyl sites for hydroxylation is 1. The van der Waals surface area contributed by atoms with Crippen molar-refractivity contribution >= 4 is 11.8 Å². The predicted molar refractivity (Wildman–Crippen MR) is 52.1 cm³/mol. The molecule has 2 rings (SSSR count). The van der Waals surface area contributed by atoms with Gasteiger partial charge in [-0.05, 0) is 13.8 Å². The van der Waals surface area contributed by atoms with Crippen LogP contribution in [0.2, 0.25) is 0 Å². The molecule has 1 aromatic rings. The summed E-state index contributed by atoms with van der Waals surface area (Å²) in [6.07, 6.45) is 0. The number of aromatic nitrogens is 2. The first-order chi connectivity index (χ1) is 7.56. The van der Waals surface area contributed by atoms with E-state index in [2.05, 4.69) is 15.5 Å². The number of rotatable bonds is 2. The summed E-state index contributed by atoms with van der Waals surface area (Å²) < 4.78 is 4.90. The molecule has 0 aliphatic carbocycles. The summed E-state index contributed by atoms with van der Waals surface area (Å²) in [7, 11) is 0. The Bertz CT molecular complexity index is 428. The molecule has 1 N–H and O–H groups in total. The highest BCUT2D eigenvalue weighted by Crippen LogP contribution is 2.07. The number of amides is 2. The third-order valence-electron chi connectivity index (χ3n) is 2.29. The molecule has 1 atom stereocenters. The normalized spacial score (nSPS) is 21.1. The van der Waals surface area contributed by atoms with Gasteiger partial charge in [-0.3, -0.25) is 9.59 Å². The van der Waals surface area contributed by atoms with Crippen LogP contribution in [0.1, 0.15) is 18.6 Å². The van der Waals surface area contributed by atoms with Gasteiger partial charge in [0.25, 0.3) is 0 Å². The Balaban J connectivity index is 2.08. The zero-order valence-electron chi connectivity index (χ0n) is 9.06. The summed E-state index contributed by atoms with van der Waals surface area (Å²) in [5, 5.41) is 6.17. The summed E-state index contributed by atoms with van der Waals surface area (Å²) in [5.74, 6) is 0.531. The highest BCUT2D eigenvalue weighted by molar-refractivity contribution is 5.94. The highest BCUT2D eigenvalue weighted by Gasteiger charge is 2.30. The van der Waals surface area contributed by atoms with Crippen molar-refractivity contribution in [3.8, 4) is 0 Å². The summed E-state index contributed by atoms with van der Waals surface area (Å²) >= 11 is 0. The summed E-state index contributed by atoms with van der Waals surface area (Å²) in [6, 6.07) is -0.495. The molecule has 1 aromatic heterocycles. The zero-order chi connectivity index (χ0) is 11.7. The van der Waals surface area contributed by atoms with Crippen LogP contribution in [0.4, 0.5) is 0 Å². The minimum absolute atomic E-state index is 0.0323. The fourth-order valence-electron chi connectivity index (χ4n) is 1.58. The maximum Gasteiger partial charge on any atom is 0.246 e. The molecule has 2 amide bonds. The molecule has 0 aromatic carbocycles. The molecule has 1 aliphatic heterocycles. The van der Waals surface area contributed by atoms with Crippen molar-refractivity contribution in [3.05, 3.63) is 11.7 Å². The second kappa shape index (κ2) is 3.92. The number of nitrogens with one attached hydrogen (secondary N) is 1. The lowest BCUT2D eigenvalue weighted by atomic mass is 10.2. The van der Waals surface area contributed by atoms with E-state index in [-0.39, 0.29) is 24.9 Å².